The van der Waals surface area contributed by atoms with Crippen molar-refractivity contribution in [1.29, 1.82) is 0 Å². The molecule has 0 radical (unpaired) electrons. The van der Waals surface area contributed by atoms with Crippen LogP contribution in [0.5, 0.6) is 17.2 Å². The number of ether oxygens (including phenoxy) is 3. The molecule has 3 aromatic rings. The normalized spacial score (nSPS) is 11.9. The third kappa shape index (κ3) is 4.79. The molecule has 1 aliphatic heterocycles. The van der Waals surface area contributed by atoms with Crippen molar-refractivity contribution in [2.45, 2.75) is 6.92 Å². The third-order valence-electron chi connectivity index (χ3n) is 4.71. The number of aryl methyl sites for hydroxylation is 1. The predicted octanol–water partition coefficient (Wildman–Crippen LogP) is 3.62. The lowest BCUT2D eigenvalue weighted by molar-refractivity contribution is -0.385. The molecular weight excluding hydrogens is 430 g/mol. The summed E-state index contributed by atoms with van der Waals surface area (Å²) < 4.78 is 15.8. The topological polar surface area (TPSA) is 129 Å². The molecule has 166 valence electrons. The second-order valence-corrected chi connectivity index (χ2v) is 6.98. The molecule has 1 aliphatic rings. The summed E-state index contributed by atoms with van der Waals surface area (Å²) >= 11 is 0. The van der Waals surface area contributed by atoms with Crippen LogP contribution >= 0.6 is 0 Å². The fourth-order valence-corrected chi connectivity index (χ4v) is 3.00. The van der Waals surface area contributed by atoms with Gasteiger partial charge in [-0.2, -0.15) is 5.10 Å². The zero-order chi connectivity index (χ0) is 23.4. The highest BCUT2D eigenvalue weighted by atomic mass is 16.7. The van der Waals surface area contributed by atoms with Gasteiger partial charge in [0.1, 0.15) is 0 Å². The maximum atomic E-state index is 12.7. The van der Waals surface area contributed by atoms with Gasteiger partial charge in [0.05, 0.1) is 16.7 Å². The van der Waals surface area contributed by atoms with E-state index in [9.17, 15) is 19.7 Å². The standard InChI is InChI=1S/C23H17N3O7/c1-14-5-7-15(8-6-14)22(27)25-24-12-17-3-2-4-18(26(29)30)21(17)33-23(28)16-9-10-19-20(11-16)32-13-31-19/h2-12H,13H2,1H3,(H,25,27). The Bertz CT molecular complexity index is 1270. The van der Waals surface area contributed by atoms with Gasteiger partial charge in [-0.3, -0.25) is 14.9 Å². The number of hydrogen-bond donors (Lipinski definition) is 1. The van der Waals surface area contributed by atoms with E-state index in [4.69, 9.17) is 14.2 Å². The highest BCUT2D eigenvalue weighted by Crippen LogP contribution is 2.34. The van der Waals surface area contributed by atoms with E-state index < -0.39 is 22.5 Å². The third-order valence-corrected chi connectivity index (χ3v) is 4.71. The van der Waals surface area contributed by atoms with Gasteiger partial charge in [-0.05, 0) is 43.3 Å². The van der Waals surface area contributed by atoms with Crippen molar-refractivity contribution in [2.75, 3.05) is 6.79 Å². The molecule has 33 heavy (non-hydrogen) atoms. The van der Waals surface area contributed by atoms with Gasteiger partial charge >= 0.3 is 11.7 Å². The number of nitrogens with one attached hydrogen (secondary N) is 1. The molecule has 1 heterocycles. The second-order valence-electron chi connectivity index (χ2n) is 6.98. The van der Waals surface area contributed by atoms with E-state index in [1.165, 1.54) is 36.5 Å². The minimum Gasteiger partial charge on any atom is -0.454 e. The number of benzene rings is 3. The minimum absolute atomic E-state index is 0.0346. The number of hydrazone groups is 1. The zero-order valence-corrected chi connectivity index (χ0v) is 17.3. The second kappa shape index (κ2) is 9.18. The Kier molecular flexibility index (Phi) is 5.98. The molecule has 0 aromatic heterocycles. The Morgan fingerprint density at radius 3 is 2.55 bits per heavy atom. The summed E-state index contributed by atoms with van der Waals surface area (Å²) in [5.41, 5.74) is 3.55. The molecule has 0 aliphatic carbocycles. The maximum Gasteiger partial charge on any atom is 0.343 e. The van der Waals surface area contributed by atoms with E-state index in [2.05, 4.69) is 10.5 Å². The molecule has 0 bridgehead atoms. The lowest BCUT2D eigenvalue weighted by atomic mass is 10.1. The van der Waals surface area contributed by atoms with Crippen molar-refractivity contribution in [3.63, 3.8) is 0 Å². The Morgan fingerprint density at radius 1 is 1.06 bits per heavy atom. The lowest BCUT2D eigenvalue weighted by Gasteiger charge is -2.08. The van der Waals surface area contributed by atoms with Crippen LogP contribution in [0.3, 0.4) is 0 Å². The molecule has 4 rings (SSSR count). The van der Waals surface area contributed by atoms with Gasteiger partial charge in [0, 0.05) is 17.2 Å². The van der Waals surface area contributed by atoms with Crippen LogP contribution in [0.15, 0.2) is 65.8 Å². The number of hydrogen-bond acceptors (Lipinski definition) is 8. The van der Waals surface area contributed by atoms with Crippen LogP contribution in [-0.2, 0) is 0 Å². The van der Waals surface area contributed by atoms with E-state index in [0.29, 0.717) is 17.1 Å². The average molecular weight is 447 g/mol. The van der Waals surface area contributed by atoms with E-state index >= 15 is 0 Å². The summed E-state index contributed by atoms with van der Waals surface area (Å²) in [4.78, 5) is 35.7. The summed E-state index contributed by atoms with van der Waals surface area (Å²) in [6, 6.07) is 15.4. The number of para-hydroxylation sites is 1. The van der Waals surface area contributed by atoms with Gasteiger partial charge in [0.2, 0.25) is 12.5 Å². The molecule has 3 aromatic carbocycles. The first-order valence-corrected chi connectivity index (χ1v) is 9.71. The quantitative estimate of drug-likeness (QED) is 0.201. The number of esters is 1. The number of fused-ring (bicyclic) bond motifs is 1. The lowest BCUT2D eigenvalue weighted by Crippen LogP contribution is -2.17. The van der Waals surface area contributed by atoms with Crippen LogP contribution in [0.25, 0.3) is 0 Å². The largest absolute Gasteiger partial charge is 0.454 e. The molecular formula is C23H17N3O7. The van der Waals surface area contributed by atoms with E-state index in [1.54, 1.807) is 30.3 Å². The SMILES string of the molecule is Cc1ccc(C(=O)NN=Cc2cccc([N+](=O)[O-])c2OC(=O)c2ccc3c(c2)OCO3)cc1. The number of nitro benzene ring substituents is 1. The Hall–Kier alpha value is -4.73. The van der Waals surface area contributed by atoms with E-state index in [-0.39, 0.29) is 23.7 Å². The smallest absolute Gasteiger partial charge is 0.343 e. The molecule has 0 unspecified atom stereocenters. The molecule has 0 spiro atoms. The Morgan fingerprint density at radius 2 is 1.79 bits per heavy atom. The first kappa shape index (κ1) is 21.5. The van der Waals surface area contributed by atoms with Crippen molar-refractivity contribution in [2.24, 2.45) is 5.10 Å². The maximum absolute atomic E-state index is 12.7. The summed E-state index contributed by atoms with van der Waals surface area (Å²) in [6.07, 6.45) is 1.17. The van der Waals surface area contributed by atoms with Crippen LogP contribution in [0.2, 0.25) is 0 Å². The van der Waals surface area contributed by atoms with Gasteiger partial charge in [0.25, 0.3) is 5.91 Å². The molecule has 0 atom stereocenters. The highest BCUT2D eigenvalue weighted by Gasteiger charge is 2.24. The Labute approximate surface area is 187 Å². The molecule has 0 saturated heterocycles. The van der Waals surface area contributed by atoms with Crippen molar-refractivity contribution < 1.29 is 28.7 Å². The van der Waals surface area contributed by atoms with Crippen LogP contribution in [0.1, 0.15) is 31.8 Å². The molecule has 0 saturated carbocycles. The summed E-state index contributed by atoms with van der Waals surface area (Å²) in [5.74, 6) is -0.753. The molecule has 10 nitrogen and oxygen atoms in total. The van der Waals surface area contributed by atoms with Gasteiger partial charge in [0.15, 0.2) is 11.5 Å². The van der Waals surface area contributed by atoms with Gasteiger partial charge in [-0.15, -0.1) is 0 Å². The van der Waals surface area contributed by atoms with Gasteiger partial charge in [-0.25, -0.2) is 10.2 Å². The van der Waals surface area contributed by atoms with Crippen molar-refractivity contribution in [3.8, 4) is 17.2 Å². The first-order valence-electron chi connectivity index (χ1n) is 9.71. The minimum atomic E-state index is -0.832. The van der Waals surface area contributed by atoms with Gasteiger partial charge in [-0.1, -0.05) is 23.8 Å². The number of carbonyl (C=O) groups excluding carboxylic acids is 2. The molecule has 1 amide bonds. The van der Waals surface area contributed by atoms with Crippen LogP contribution < -0.4 is 19.6 Å². The average Bonchev–Trinajstić information content (AvgIpc) is 3.28. The summed E-state index contributed by atoms with van der Waals surface area (Å²) in [7, 11) is 0. The van der Waals surface area contributed by atoms with E-state index in [0.717, 1.165) is 5.56 Å². The Balaban J connectivity index is 1.56. The van der Waals surface area contributed by atoms with Crippen molar-refractivity contribution in [3.05, 3.63) is 93.0 Å². The fraction of sp³-hybridized carbons (Fsp3) is 0.0870. The molecule has 10 heteroatoms. The number of nitrogens with zero attached hydrogens (tertiary/aromatic N) is 2. The highest BCUT2D eigenvalue weighted by molar-refractivity contribution is 5.97. The van der Waals surface area contributed by atoms with E-state index in [1.807, 2.05) is 6.92 Å². The first-order chi connectivity index (χ1) is 15.9. The zero-order valence-electron chi connectivity index (χ0n) is 17.3. The summed E-state index contributed by atoms with van der Waals surface area (Å²) in [6.45, 7) is 1.93. The fourth-order valence-electron chi connectivity index (χ4n) is 3.00. The van der Waals surface area contributed by atoms with Crippen LogP contribution in [-0.4, -0.2) is 29.8 Å². The van der Waals surface area contributed by atoms with Crippen LogP contribution in [0, 0.1) is 17.0 Å². The predicted molar refractivity (Wildman–Crippen MR) is 117 cm³/mol. The number of carbonyl (C=O) groups is 2. The van der Waals surface area contributed by atoms with Crippen molar-refractivity contribution >= 4 is 23.8 Å². The number of nitro groups is 1. The van der Waals surface area contributed by atoms with Crippen molar-refractivity contribution in [1.82, 2.24) is 5.43 Å². The molecule has 0 fully saturated rings. The number of rotatable bonds is 6. The van der Waals surface area contributed by atoms with Crippen LogP contribution in [0.4, 0.5) is 5.69 Å². The van der Waals surface area contributed by atoms with Gasteiger partial charge < -0.3 is 14.2 Å². The monoisotopic (exact) mass is 447 g/mol. The summed E-state index contributed by atoms with van der Waals surface area (Å²) in [5, 5.41) is 15.4. The molecule has 1 N–H and O–H groups in total. The number of amides is 1.